The first-order valence-electron chi connectivity index (χ1n) is 5.97. The van der Waals surface area contributed by atoms with Crippen molar-refractivity contribution in [3.05, 3.63) is 39.6 Å². The molecule has 110 valence electrons. The molecular formula is C13H13N3O5. The second kappa shape index (κ2) is 5.61. The highest BCUT2D eigenvalue weighted by Gasteiger charge is 2.19. The molecule has 1 aromatic heterocycles. The molecule has 2 rings (SSSR count). The van der Waals surface area contributed by atoms with Crippen LogP contribution >= 0.6 is 0 Å². The first-order valence-corrected chi connectivity index (χ1v) is 5.97. The lowest BCUT2D eigenvalue weighted by Crippen LogP contribution is -1.98. The van der Waals surface area contributed by atoms with Gasteiger partial charge in [0.1, 0.15) is 5.75 Å². The zero-order chi connectivity index (χ0) is 15.6. The third-order valence-electron chi connectivity index (χ3n) is 2.89. The molecule has 21 heavy (non-hydrogen) atoms. The van der Waals surface area contributed by atoms with Crippen LogP contribution < -0.4 is 9.47 Å². The third-order valence-corrected chi connectivity index (χ3v) is 2.89. The number of nitro groups is 1. The minimum absolute atomic E-state index is 0.129. The van der Waals surface area contributed by atoms with Gasteiger partial charge in [0, 0.05) is 7.05 Å². The van der Waals surface area contributed by atoms with Crippen LogP contribution in [-0.2, 0) is 7.05 Å². The fraction of sp³-hybridized carbons (Fsp3) is 0.231. The minimum Gasteiger partial charge on any atom is -0.490 e. The van der Waals surface area contributed by atoms with Crippen LogP contribution in [0.4, 0.5) is 5.69 Å². The third kappa shape index (κ3) is 2.69. The van der Waals surface area contributed by atoms with E-state index in [1.807, 2.05) is 0 Å². The number of aryl methyl sites for hydroxylation is 2. The molecule has 0 fully saturated rings. The molecule has 1 aromatic carbocycles. The summed E-state index contributed by atoms with van der Waals surface area (Å²) in [5.74, 6) is 0.569. The van der Waals surface area contributed by atoms with E-state index in [2.05, 4.69) is 5.10 Å². The Balaban J connectivity index is 2.43. The number of rotatable bonds is 5. The van der Waals surface area contributed by atoms with Crippen LogP contribution in [0.3, 0.4) is 0 Å². The predicted molar refractivity (Wildman–Crippen MR) is 73.1 cm³/mol. The maximum atomic E-state index is 11.1. The molecule has 8 nitrogen and oxygen atoms in total. The number of benzene rings is 1. The molecule has 8 heteroatoms. The Hall–Kier alpha value is -2.90. The highest BCUT2D eigenvalue weighted by Crippen LogP contribution is 2.33. The van der Waals surface area contributed by atoms with Gasteiger partial charge in [-0.25, -0.2) is 4.68 Å². The minimum atomic E-state index is -0.569. The van der Waals surface area contributed by atoms with Gasteiger partial charge in [0.2, 0.25) is 5.88 Å². The molecule has 0 unspecified atom stereocenters. The fourth-order valence-corrected chi connectivity index (χ4v) is 1.90. The number of nitrogens with zero attached hydrogens (tertiary/aromatic N) is 3. The summed E-state index contributed by atoms with van der Waals surface area (Å²) in [6.07, 6.45) is 0.635. The van der Waals surface area contributed by atoms with Gasteiger partial charge in [-0.15, -0.1) is 0 Å². The van der Waals surface area contributed by atoms with Gasteiger partial charge in [0.25, 0.3) is 0 Å². The second-order valence-electron chi connectivity index (χ2n) is 4.24. The number of aldehydes is 1. The average molecular weight is 291 g/mol. The van der Waals surface area contributed by atoms with Gasteiger partial charge in [-0.3, -0.25) is 14.9 Å². The lowest BCUT2D eigenvalue weighted by atomic mass is 10.2. The summed E-state index contributed by atoms with van der Waals surface area (Å²) >= 11 is 0. The zero-order valence-electron chi connectivity index (χ0n) is 11.7. The van der Waals surface area contributed by atoms with Gasteiger partial charge in [-0.05, 0) is 19.1 Å². The van der Waals surface area contributed by atoms with E-state index in [1.165, 1.54) is 30.0 Å². The lowest BCUT2D eigenvalue weighted by molar-refractivity contribution is -0.385. The van der Waals surface area contributed by atoms with Gasteiger partial charge in [-0.2, -0.15) is 5.10 Å². The van der Waals surface area contributed by atoms with Crippen molar-refractivity contribution < 1.29 is 19.2 Å². The molecule has 1 heterocycles. The molecule has 0 saturated heterocycles. The fourth-order valence-electron chi connectivity index (χ4n) is 1.90. The van der Waals surface area contributed by atoms with E-state index < -0.39 is 4.92 Å². The molecule has 0 bridgehead atoms. The quantitative estimate of drug-likeness (QED) is 0.476. The van der Waals surface area contributed by atoms with E-state index in [9.17, 15) is 14.9 Å². The van der Waals surface area contributed by atoms with Gasteiger partial charge < -0.3 is 9.47 Å². The van der Waals surface area contributed by atoms with Crippen molar-refractivity contribution in [1.82, 2.24) is 9.78 Å². The van der Waals surface area contributed by atoms with Crippen LogP contribution in [0.15, 0.2) is 18.2 Å². The summed E-state index contributed by atoms with van der Waals surface area (Å²) in [4.78, 5) is 21.5. The Morgan fingerprint density at radius 3 is 2.71 bits per heavy atom. The summed E-state index contributed by atoms with van der Waals surface area (Å²) in [6, 6.07) is 4.18. The van der Waals surface area contributed by atoms with Crippen molar-refractivity contribution in [2.45, 2.75) is 6.92 Å². The normalized spacial score (nSPS) is 10.2. The number of ether oxygens (including phenoxy) is 2. The summed E-state index contributed by atoms with van der Waals surface area (Å²) in [5, 5.41) is 15.0. The zero-order valence-corrected chi connectivity index (χ0v) is 11.7. The molecule has 0 saturated carbocycles. The van der Waals surface area contributed by atoms with Crippen LogP contribution in [0.1, 0.15) is 16.1 Å². The molecule has 0 aliphatic heterocycles. The van der Waals surface area contributed by atoms with Crippen molar-refractivity contribution in [3.63, 3.8) is 0 Å². The molecule has 0 atom stereocenters. The second-order valence-corrected chi connectivity index (χ2v) is 4.24. The van der Waals surface area contributed by atoms with Crippen LogP contribution in [0, 0.1) is 17.0 Å². The van der Waals surface area contributed by atoms with E-state index in [-0.39, 0.29) is 23.1 Å². The Morgan fingerprint density at radius 1 is 1.43 bits per heavy atom. The van der Waals surface area contributed by atoms with E-state index in [4.69, 9.17) is 9.47 Å². The molecule has 0 spiro atoms. The maximum absolute atomic E-state index is 11.1. The van der Waals surface area contributed by atoms with Gasteiger partial charge in [0.05, 0.1) is 29.4 Å². The first-order chi connectivity index (χ1) is 9.97. The van der Waals surface area contributed by atoms with Gasteiger partial charge in [0.15, 0.2) is 12.0 Å². The number of carbonyl (C=O) groups excluding carboxylic acids is 1. The number of hydrogen-bond acceptors (Lipinski definition) is 6. The summed E-state index contributed by atoms with van der Waals surface area (Å²) in [6.45, 7) is 1.67. The molecule has 0 aliphatic carbocycles. The van der Waals surface area contributed by atoms with Crippen molar-refractivity contribution in [3.8, 4) is 17.4 Å². The average Bonchev–Trinajstić information content (AvgIpc) is 2.72. The SMILES string of the molecule is COc1ccc(Oc2c(C=O)c(C)nn2C)cc1[N+](=O)[O-]. The number of carbonyl (C=O) groups is 1. The molecule has 0 radical (unpaired) electrons. The highest BCUT2D eigenvalue weighted by molar-refractivity contribution is 5.80. The summed E-state index contributed by atoms with van der Waals surface area (Å²) in [7, 11) is 2.96. The molecular weight excluding hydrogens is 278 g/mol. The molecule has 0 amide bonds. The largest absolute Gasteiger partial charge is 0.490 e. The van der Waals surface area contributed by atoms with Crippen LogP contribution in [0.5, 0.6) is 17.4 Å². The highest BCUT2D eigenvalue weighted by atomic mass is 16.6. The van der Waals surface area contributed by atoms with Gasteiger partial charge >= 0.3 is 5.69 Å². The smallest absolute Gasteiger partial charge is 0.314 e. The Kier molecular flexibility index (Phi) is 3.88. The van der Waals surface area contributed by atoms with Crippen molar-refractivity contribution in [1.29, 1.82) is 0 Å². The monoisotopic (exact) mass is 291 g/mol. The number of hydrogen-bond donors (Lipinski definition) is 0. The summed E-state index contributed by atoms with van der Waals surface area (Å²) in [5.41, 5.74) is 0.600. The molecule has 2 aromatic rings. The standard InChI is InChI=1S/C13H13N3O5/c1-8-10(7-17)13(15(2)14-8)21-9-4-5-12(20-3)11(6-9)16(18)19/h4-7H,1-3H3. The van der Waals surface area contributed by atoms with Crippen LogP contribution in [0.2, 0.25) is 0 Å². The van der Waals surface area contributed by atoms with Gasteiger partial charge in [-0.1, -0.05) is 0 Å². The van der Waals surface area contributed by atoms with Crippen molar-refractivity contribution >= 4 is 12.0 Å². The number of nitro benzene ring substituents is 1. The maximum Gasteiger partial charge on any atom is 0.314 e. The molecule has 0 aliphatic rings. The topological polar surface area (TPSA) is 96.5 Å². The Labute approximate surface area is 120 Å². The lowest BCUT2D eigenvalue weighted by Gasteiger charge is -2.08. The molecule has 0 N–H and O–H groups in total. The Morgan fingerprint density at radius 2 is 2.14 bits per heavy atom. The number of aromatic nitrogens is 2. The van der Waals surface area contributed by atoms with E-state index in [1.54, 1.807) is 14.0 Å². The first kappa shape index (κ1) is 14.5. The summed E-state index contributed by atoms with van der Waals surface area (Å²) < 4.78 is 11.9. The van der Waals surface area contributed by atoms with E-state index in [0.717, 1.165) is 0 Å². The Bertz CT molecular complexity index is 708. The van der Waals surface area contributed by atoms with E-state index >= 15 is 0 Å². The van der Waals surface area contributed by atoms with Crippen molar-refractivity contribution in [2.24, 2.45) is 7.05 Å². The predicted octanol–water partition coefficient (Wildman–Crippen LogP) is 2.25. The number of methoxy groups -OCH3 is 1. The van der Waals surface area contributed by atoms with Crippen molar-refractivity contribution in [2.75, 3.05) is 7.11 Å². The van der Waals surface area contributed by atoms with Crippen LogP contribution in [0.25, 0.3) is 0 Å². The van der Waals surface area contributed by atoms with Crippen LogP contribution in [-0.4, -0.2) is 28.1 Å². The van der Waals surface area contributed by atoms with E-state index in [0.29, 0.717) is 17.5 Å².